The second-order valence-electron chi connectivity index (χ2n) is 6.25. The van der Waals surface area contributed by atoms with Crippen molar-refractivity contribution in [3.63, 3.8) is 0 Å². The molecular formula is C21H17FN2O3S. The highest BCUT2D eigenvalue weighted by Gasteiger charge is 2.34. The molecule has 4 rings (SSSR count). The zero-order valence-electron chi connectivity index (χ0n) is 15.0. The number of likely N-dealkylation sites (N-methyl/N-ethyl adjacent to an activating group) is 1. The summed E-state index contributed by atoms with van der Waals surface area (Å²) in [6, 6.07) is 17.0. The maximum atomic E-state index is 14.1. The fourth-order valence-corrected chi connectivity index (χ4v) is 4.10. The SMILES string of the molecule is CNC(=O)C1CN(C(=O)c2ccc(-c3ccccc3F)s2)c2ccccc2O1. The molecule has 1 aromatic heterocycles. The first-order valence-corrected chi connectivity index (χ1v) is 9.54. The van der Waals surface area contributed by atoms with Gasteiger partial charge in [-0.1, -0.05) is 30.3 Å². The Kier molecular flexibility index (Phi) is 4.83. The van der Waals surface area contributed by atoms with Crippen LogP contribution in [-0.4, -0.2) is 31.5 Å². The van der Waals surface area contributed by atoms with E-state index in [4.69, 9.17) is 4.74 Å². The molecule has 5 nitrogen and oxygen atoms in total. The average molecular weight is 396 g/mol. The molecular weight excluding hydrogens is 379 g/mol. The smallest absolute Gasteiger partial charge is 0.268 e. The van der Waals surface area contributed by atoms with Crippen molar-refractivity contribution in [2.75, 3.05) is 18.5 Å². The molecule has 3 aromatic rings. The van der Waals surface area contributed by atoms with Gasteiger partial charge in [0.2, 0.25) is 0 Å². The van der Waals surface area contributed by atoms with E-state index in [2.05, 4.69) is 5.32 Å². The number of para-hydroxylation sites is 2. The molecule has 0 saturated carbocycles. The van der Waals surface area contributed by atoms with Crippen LogP contribution in [0.3, 0.4) is 0 Å². The van der Waals surface area contributed by atoms with Gasteiger partial charge >= 0.3 is 0 Å². The van der Waals surface area contributed by atoms with Crippen molar-refractivity contribution >= 4 is 28.8 Å². The van der Waals surface area contributed by atoms with Gasteiger partial charge < -0.3 is 10.1 Å². The lowest BCUT2D eigenvalue weighted by Gasteiger charge is -2.33. The van der Waals surface area contributed by atoms with E-state index in [9.17, 15) is 14.0 Å². The van der Waals surface area contributed by atoms with E-state index in [0.717, 1.165) is 0 Å². The lowest BCUT2D eigenvalue weighted by Crippen LogP contribution is -2.50. The Morgan fingerprint density at radius 1 is 1.11 bits per heavy atom. The fraction of sp³-hybridized carbons (Fsp3) is 0.143. The highest BCUT2D eigenvalue weighted by molar-refractivity contribution is 7.17. The standard InChI is InChI=1S/C21H17FN2O3S/c1-23-20(25)17-12-24(15-8-4-5-9-16(15)27-17)21(26)19-11-10-18(28-19)13-6-2-3-7-14(13)22/h2-11,17H,12H2,1H3,(H,23,25). The van der Waals surface area contributed by atoms with Crippen LogP contribution in [0, 0.1) is 5.82 Å². The number of fused-ring (bicyclic) bond motifs is 1. The minimum Gasteiger partial charge on any atom is -0.477 e. The van der Waals surface area contributed by atoms with Crippen LogP contribution >= 0.6 is 11.3 Å². The number of carbonyl (C=O) groups excluding carboxylic acids is 2. The van der Waals surface area contributed by atoms with Crippen molar-refractivity contribution in [1.29, 1.82) is 0 Å². The van der Waals surface area contributed by atoms with Gasteiger partial charge in [-0.2, -0.15) is 0 Å². The second-order valence-corrected chi connectivity index (χ2v) is 7.33. The van der Waals surface area contributed by atoms with Crippen molar-refractivity contribution in [1.82, 2.24) is 5.32 Å². The summed E-state index contributed by atoms with van der Waals surface area (Å²) in [5.74, 6) is -0.413. The van der Waals surface area contributed by atoms with Crippen molar-refractivity contribution in [2.45, 2.75) is 6.10 Å². The van der Waals surface area contributed by atoms with Gasteiger partial charge in [-0.05, 0) is 30.3 Å². The zero-order chi connectivity index (χ0) is 19.7. The topological polar surface area (TPSA) is 58.6 Å². The van der Waals surface area contributed by atoms with Crippen LogP contribution in [0.1, 0.15) is 9.67 Å². The number of ether oxygens (including phenoxy) is 1. The van der Waals surface area contributed by atoms with Crippen molar-refractivity contribution < 1.29 is 18.7 Å². The molecule has 0 bridgehead atoms. The number of benzene rings is 2. The van der Waals surface area contributed by atoms with E-state index in [1.807, 2.05) is 6.07 Å². The number of nitrogens with zero attached hydrogens (tertiary/aromatic N) is 1. The van der Waals surface area contributed by atoms with E-state index >= 15 is 0 Å². The Morgan fingerprint density at radius 3 is 2.64 bits per heavy atom. The van der Waals surface area contributed by atoms with Gasteiger partial charge in [-0.25, -0.2) is 4.39 Å². The highest BCUT2D eigenvalue weighted by atomic mass is 32.1. The van der Waals surface area contributed by atoms with Crippen LogP contribution in [0.25, 0.3) is 10.4 Å². The van der Waals surface area contributed by atoms with E-state index in [1.54, 1.807) is 48.5 Å². The number of thiophene rings is 1. The third kappa shape index (κ3) is 3.25. The normalized spacial score (nSPS) is 15.5. The van der Waals surface area contributed by atoms with Crippen molar-refractivity contribution in [3.8, 4) is 16.2 Å². The summed E-state index contributed by atoms with van der Waals surface area (Å²) in [5.41, 5.74) is 1.06. The molecule has 0 saturated heterocycles. The van der Waals surface area contributed by atoms with Crippen LogP contribution in [-0.2, 0) is 4.79 Å². The number of hydrogen-bond acceptors (Lipinski definition) is 4. The van der Waals surface area contributed by atoms with Crippen LogP contribution in [0.2, 0.25) is 0 Å². The largest absolute Gasteiger partial charge is 0.477 e. The number of anilines is 1. The molecule has 7 heteroatoms. The third-order valence-corrected chi connectivity index (χ3v) is 5.62. The van der Waals surface area contributed by atoms with E-state index in [-0.39, 0.29) is 24.2 Å². The number of amides is 2. The Balaban J connectivity index is 1.68. The molecule has 1 aliphatic heterocycles. The summed E-state index contributed by atoms with van der Waals surface area (Å²) >= 11 is 1.22. The number of nitrogens with one attached hydrogen (secondary N) is 1. The first-order valence-electron chi connectivity index (χ1n) is 8.72. The number of halogens is 1. The number of rotatable bonds is 3. The summed E-state index contributed by atoms with van der Waals surface area (Å²) in [7, 11) is 1.53. The van der Waals surface area contributed by atoms with Crippen LogP contribution in [0.4, 0.5) is 10.1 Å². The maximum Gasteiger partial charge on any atom is 0.268 e. The summed E-state index contributed by atoms with van der Waals surface area (Å²) in [6.45, 7) is 0.0997. The first kappa shape index (κ1) is 18.2. The Hall–Kier alpha value is -3.19. The van der Waals surface area contributed by atoms with Gasteiger partial charge in [-0.15, -0.1) is 11.3 Å². The molecule has 2 aromatic carbocycles. The molecule has 0 aliphatic carbocycles. The Morgan fingerprint density at radius 2 is 1.86 bits per heavy atom. The molecule has 2 amide bonds. The zero-order valence-corrected chi connectivity index (χ0v) is 15.8. The third-order valence-electron chi connectivity index (χ3n) is 4.51. The van der Waals surface area contributed by atoms with Crippen molar-refractivity contribution in [2.24, 2.45) is 0 Å². The van der Waals surface area contributed by atoms with Crippen molar-refractivity contribution in [3.05, 3.63) is 71.4 Å². The molecule has 142 valence electrons. The summed E-state index contributed by atoms with van der Waals surface area (Å²) in [5, 5.41) is 2.56. The van der Waals surface area contributed by atoms with Crippen LogP contribution in [0.15, 0.2) is 60.7 Å². The number of carbonyl (C=O) groups is 2. The fourth-order valence-electron chi connectivity index (χ4n) is 3.12. The van der Waals surface area contributed by atoms with Gasteiger partial charge in [0, 0.05) is 17.5 Å². The van der Waals surface area contributed by atoms with Gasteiger partial charge in [-0.3, -0.25) is 14.5 Å². The maximum absolute atomic E-state index is 14.1. The molecule has 1 aliphatic rings. The number of hydrogen-bond donors (Lipinski definition) is 1. The van der Waals surface area contributed by atoms with Crippen LogP contribution in [0.5, 0.6) is 5.75 Å². The van der Waals surface area contributed by atoms with Crippen LogP contribution < -0.4 is 15.0 Å². The molecule has 0 fully saturated rings. The quantitative estimate of drug-likeness (QED) is 0.734. The minimum atomic E-state index is -0.796. The Labute approximate surface area is 165 Å². The van der Waals surface area contributed by atoms with Gasteiger partial charge in [0.05, 0.1) is 17.1 Å². The van der Waals surface area contributed by atoms with E-state index in [1.165, 1.54) is 29.4 Å². The lowest BCUT2D eigenvalue weighted by molar-refractivity contribution is -0.127. The van der Waals surface area contributed by atoms with Gasteiger partial charge in [0.15, 0.2) is 6.10 Å². The predicted octanol–water partition coefficient (Wildman–Crippen LogP) is 3.71. The highest BCUT2D eigenvalue weighted by Crippen LogP contribution is 2.36. The molecule has 0 spiro atoms. The van der Waals surface area contributed by atoms with E-state index in [0.29, 0.717) is 26.8 Å². The molecule has 1 N–H and O–H groups in total. The summed E-state index contributed by atoms with van der Waals surface area (Å²) in [4.78, 5) is 28.0. The second kappa shape index (κ2) is 7.44. The predicted molar refractivity (Wildman–Crippen MR) is 106 cm³/mol. The minimum absolute atomic E-state index is 0.0997. The molecule has 1 unspecified atom stereocenters. The van der Waals surface area contributed by atoms with Gasteiger partial charge in [0.1, 0.15) is 11.6 Å². The molecule has 28 heavy (non-hydrogen) atoms. The Bertz CT molecular complexity index is 1050. The molecule has 0 radical (unpaired) electrons. The lowest BCUT2D eigenvalue weighted by atomic mass is 10.1. The van der Waals surface area contributed by atoms with Gasteiger partial charge in [0.25, 0.3) is 11.8 Å². The first-order chi connectivity index (χ1) is 13.6. The van der Waals surface area contributed by atoms with E-state index < -0.39 is 6.10 Å². The summed E-state index contributed by atoms with van der Waals surface area (Å²) in [6.07, 6.45) is -0.796. The monoisotopic (exact) mass is 396 g/mol. The summed E-state index contributed by atoms with van der Waals surface area (Å²) < 4.78 is 19.8. The molecule has 1 atom stereocenters. The molecule has 2 heterocycles. The average Bonchev–Trinajstić information content (AvgIpc) is 3.22.